The lowest BCUT2D eigenvalue weighted by Gasteiger charge is -2.30. The molecule has 0 bridgehead atoms. The fourth-order valence-electron chi connectivity index (χ4n) is 2.25. The Labute approximate surface area is 131 Å². The molecule has 1 N–H and O–H groups in total. The second kappa shape index (κ2) is 6.77. The van der Waals surface area contributed by atoms with Crippen LogP contribution in [0.15, 0.2) is 0 Å². The van der Waals surface area contributed by atoms with Gasteiger partial charge < -0.3 is 5.32 Å². The normalized spacial score (nSPS) is 21.4. The number of nitrogens with zero attached hydrogens (tertiary/aromatic N) is 2. The van der Waals surface area contributed by atoms with Gasteiger partial charge in [0.2, 0.25) is 0 Å². The van der Waals surface area contributed by atoms with Crippen LogP contribution < -0.4 is 5.32 Å². The first kappa shape index (κ1) is 16.3. The van der Waals surface area contributed by atoms with Crippen molar-refractivity contribution >= 4 is 23.1 Å². The summed E-state index contributed by atoms with van der Waals surface area (Å²) in [4.78, 5) is 8.80. The predicted octanol–water partition coefficient (Wildman–Crippen LogP) is 3.31. The zero-order valence-corrected chi connectivity index (χ0v) is 15.0. The highest BCUT2D eigenvalue weighted by Crippen LogP contribution is 2.32. The zero-order valence-electron chi connectivity index (χ0n) is 13.3. The van der Waals surface area contributed by atoms with E-state index in [0.29, 0.717) is 6.04 Å². The van der Waals surface area contributed by atoms with Crippen LogP contribution in [0.3, 0.4) is 0 Å². The standard InChI is InChI=1S/C15H27N3S2/c1-6-11-13(9-16-15(2,3)4)20-14(17-11)12-10-19-8-7-18(12)5/h12,16H,6-10H2,1-5H3. The van der Waals surface area contributed by atoms with Crippen LogP contribution in [0, 0.1) is 0 Å². The van der Waals surface area contributed by atoms with Crippen LogP contribution in [-0.2, 0) is 13.0 Å². The van der Waals surface area contributed by atoms with E-state index in [1.807, 2.05) is 11.3 Å². The Morgan fingerprint density at radius 3 is 2.75 bits per heavy atom. The van der Waals surface area contributed by atoms with Crippen LogP contribution in [-0.4, -0.2) is 40.5 Å². The number of thioether (sulfide) groups is 1. The molecule has 1 atom stereocenters. The van der Waals surface area contributed by atoms with Gasteiger partial charge in [0, 0.05) is 35.0 Å². The minimum Gasteiger partial charge on any atom is -0.307 e. The van der Waals surface area contributed by atoms with E-state index in [1.54, 1.807) is 0 Å². The minimum absolute atomic E-state index is 0.159. The average Bonchev–Trinajstić information content (AvgIpc) is 2.79. The summed E-state index contributed by atoms with van der Waals surface area (Å²) in [6, 6.07) is 0.507. The maximum absolute atomic E-state index is 4.93. The van der Waals surface area contributed by atoms with E-state index in [1.165, 1.54) is 33.6 Å². The Hall–Kier alpha value is -0.100. The molecule has 0 aliphatic carbocycles. The van der Waals surface area contributed by atoms with Gasteiger partial charge in [0.15, 0.2) is 0 Å². The van der Waals surface area contributed by atoms with E-state index in [4.69, 9.17) is 4.98 Å². The van der Waals surface area contributed by atoms with Gasteiger partial charge in [0.25, 0.3) is 0 Å². The molecule has 20 heavy (non-hydrogen) atoms. The lowest BCUT2D eigenvalue weighted by molar-refractivity contribution is 0.274. The highest BCUT2D eigenvalue weighted by atomic mass is 32.2. The number of hydrogen-bond donors (Lipinski definition) is 1. The van der Waals surface area contributed by atoms with Crippen molar-refractivity contribution in [2.45, 2.75) is 52.2 Å². The summed E-state index contributed by atoms with van der Waals surface area (Å²) >= 11 is 3.96. The molecule has 0 saturated carbocycles. The third-order valence-electron chi connectivity index (χ3n) is 3.59. The molecule has 1 unspecified atom stereocenters. The Bertz CT molecular complexity index is 437. The van der Waals surface area contributed by atoms with E-state index >= 15 is 0 Å². The molecule has 1 aromatic heterocycles. The Morgan fingerprint density at radius 1 is 1.40 bits per heavy atom. The minimum atomic E-state index is 0.159. The van der Waals surface area contributed by atoms with Crippen molar-refractivity contribution < 1.29 is 0 Å². The van der Waals surface area contributed by atoms with Crippen LogP contribution in [0.1, 0.15) is 49.3 Å². The lowest BCUT2D eigenvalue weighted by atomic mass is 10.1. The maximum Gasteiger partial charge on any atom is 0.111 e. The summed E-state index contributed by atoms with van der Waals surface area (Å²) in [5.41, 5.74) is 1.44. The average molecular weight is 314 g/mol. The number of nitrogens with one attached hydrogen (secondary N) is 1. The van der Waals surface area contributed by atoms with Gasteiger partial charge in [-0.2, -0.15) is 11.8 Å². The first-order chi connectivity index (χ1) is 9.40. The molecule has 1 aliphatic rings. The monoisotopic (exact) mass is 313 g/mol. The van der Waals surface area contributed by atoms with Crippen LogP contribution in [0.2, 0.25) is 0 Å². The third kappa shape index (κ3) is 4.20. The van der Waals surface area contributed by atoms with Crippen molar-refractivity contribution in [3.05, 3.63) is 15.6 Å². The third-order valence-corrected chi connectivity index (χ3v) is 5.81. The molecule has 3 nitrogen and oxygen atoms in total. The smallest absolute Gasteiger partial charge is 0.111 e. The number of hydrogen-bond acceptors (Lipinski definition) is 5. The molecule has 1 aromatic rings. The Morgan fingerprint density at radius 2 is 2.15 bits per heavy atom. The Kier molecular flexibility index (Phi) is 5.51. The van der Waals surface area contributed by atoms with Crippen molar-refractivity contribution in [3.8, 4) is 0 Å². The van der Waals surface area contributed by atoms with Gasteiger partial charge in [0.1, 0.15) is 5.01 Å². The molecule has 1 saturated heterocycles. The predicted molar refractivity (Wildman–Crippen MR) is 90.8 cm³/mol. The van der Waals surface area contributed by atoms with Gasteiger partial charge in [-0.15, -0.1) is 11.3 Å². The fraction of sp³-hybridized carbons (Fsp3) is 0.800. The van der Waals surface area contributed by atoms with E-state index in [9.17, 15) is 0 Å². The molecule has 2 rings (SSSR count). The van der Waals surface area contributed by atoms with Gasteiger partial charge >= 0.3 is 0 Å². The summed E-state index contributed by atoms with van der Waals surface area (Å²) in [6.45, 7) is 11.0. The number of thiazole rings is 1. The maximum atomic E-state index is 4.93. The van der Waals surface area contributed by atoms with Gasteiger partial charge in [-0.05, 0) is 34.2 Å². The molecule has 114 valence electrons. The molecule has 1 aliphatic heterocycles. The first-order valence-corrected chi connectivity index (χ1v) is 9.39. The van der Waals surface area contributed by atoms with Crippen molar-refractivity contribution in [2.24, 2.45) is 0 Å². The molecule has 0 spiro atoms. The number of aromatic nitrogens is 1. The topological polar surface area (TPSA) is 28.2 Å². The van der Waals surface area contributed by atoms with Crippen molar-refractivity contribution in [3.63, 3.8) is 0 Å². The van der Waals surface area contributed by atoms with E-state index in [0.717, 1.165) is 13.0 Å². The molecule has 5 heteroatoms. The van der Waals surface area contributed by atoms with Crippen LogP contribution in [0.25, 0.3) is 0 Å². The SMILES string of the molecule is CCc1nc(C2CSCCN2C)sc1CNC(C)(C)C. The molecule has 0 amide bonds. The van der Waals surface area contributed by atoms with Gasteiger partial charge in [0.05, 0.1) is 11.7 Å². The fourth-order valence-corrected chi connectivity index (χ4v) is 4.84. The quantitative estimate of drug-likeness (QED) is 0.923. The lowest BCUT2D eigenvalue weighted by Crippen LogP contribution is -2.35. The van der Waals surface area contributed by atoms with Crippen LogP contribution in [0.5, 0.6) is 0 Å². The molecular formula is C15H27N3S2. The van der Waals surface area contributed by atoms with E-state index in [2.05, 4.69) is 56.7 Å². The highest BCUT2D eigenvalue weighted by molar-refractivity contribution is 7.99. The number of aryl methyl sites for hydroxylation is 1. The molecule has 2 heterocycles. The summed E-state index contributed by atoms with van der Waals surface area (Å²) in [6.07, 6.45) is 1.03. The van der Waals surface area contributed by atoms with Gasteiger partial charge in [-0.3, -0.25) is 4.90 Å². The summed E-state index contributed by atoms with van der Waals surface area (Å²) < 4.78 is 0. The zero-order chi connectivity index (χ0) is 14.8. The van der Waals surface area contributed by atoms with Crippen molar-refractivity contribution in [2.75, 3.05) is 25.1 Å². The van der Waals surface area contributed by atoms with Gasteiger partial charge in [-0.25, -0.2) is 4.98 Å². The van der Waals surface area contributed by atoms with Gasteiger partial charge in [-0.1, -0.05) is 6.92 Å². The van der Waals surface area contributed by atoms with E-state index in [-0.39, 0.29) is 5.54 Å². The highest BCUT2D eigenvalue weighted by Gasteiger charge is 2.25. The first-order valence-electron chi connectivity index (χ1n) is 7.42. The Balaban J connectivity index is 2.13. The van der Waals surface area contributed by atoms with E-state index < -0.39 is 0 Å². The van der Waals surface area contributed by atoms with Crippen LogP contribution >= 0.6 is 23.1 Å². The molecule has 0 radical (unpaired) electrons. The second-order valence-corrected chi connectivity index (χ2v) is 8.72. The largest absolute Gasteiger partial charge is 0.307 e. The molecule has 0 aromatic carbocycles. The van der Waals surface area contributed by atoms with Crippen molar-refractivity contribution in [1.29, 1.82) is 0 Å². The molecule has 1 fully saturated rings. The van der Waals surface area contributed by atoms with Crippen molar-refractivity contribution in [1.82, 2.24) is 15.2 Å². The van der Waals surface area contributed by atoms with Crippen LogP contribution in [0.4, 0.5) is 0 Å². The second-order valence-electron chi connectivity index (χ2n) is 6.45. The molecular weight excluding hydrogens is 286 g/mol. The summed E-state index contributed by atoms with van der Waals surface area (Å²) in [7, 11) is 2.23. The number of rotatable bonds is 4. The summed E-state index contributed by atoms with van der Waals surface area (Å²) in [5, 5.41) is 4.90. The summed E-state index contributed by atoms with van der Waals surface area (Å²) in [5.74, 6) is 2.43.